The first-order valence-corrected chi connectivity index (χ1v) is 8.65. The van der Waals surface area contributed by atoms with Gasteiger partial charge in [0.2, 0.25) is 5.91 Å². The minimum absolute atomic E-state index is 0.0132. The Bertz CT molecular complexity index is 699. The number of hydrogen-bond donors (Lipinski definition) is 1. The third-order valence-corrected chi connectivity index (χ3v) is 4.49. The molecule has 2 aromatic rings. The van der Waals surface area contributed by atoms with Crippen molar-refractivity contribution in [3.63, 3.8) is 0 Å². The molecule has 3 rings (SSSR count). The summed E-state index contributed by atoms with van der Waals surface area (Å²) in [7, 11) is 1.73. The second kappa shape index (κ2) is 7.80. The van der Waals surface area contributed by atoms with E-state index >= 15 is 0 Å². The summed E-state index contributed by atoms with van der Waals surface area (Å²) in [6, 6.07) is 10.1. The molecular formula is C19H25N3O3. The molecule has 1 aromatic carbocycles. The van der Waals surface area contributed by atoms with E-state index in [1.807, 2.05) is 29.1 Å². The van der Waals surface area contributed by atoms with Crippen LogP contribution < -0.4 is 0 Å². The van der Waals surface area contributed by atoms with Crippen LogP contribution in [0.2, 0.25) is 0 Å². The molecule has 6 nitrogen and oxygen atoms in total. The van der Waals surface area contributed by atoms with Crippen LogP contribution in [0.4, 0.5) is 0 Å². The number of benzene rings is 1. The summed E-state index contributed by atoms with van der Waals surface area (Å²) in [6.07, 6.45) is 3.63. The largest absolute Gasteiger partial charge is 0.392 e. The highest BCUT2D eigenvalue weighted by molar-refractivity contribution is 5.79. The van der Waals surface area contributed by atoms with Crippen molar-refractivity contribution in [3.05, 3.63) is 53.9 Å². The quantitative estimate of drug-likeness (QED) is 0.869. The molecule has 1 saturated heterocycles. The molecule has 1 aromatic heterocycles. The Hall–Kier alpha value is -2.18. The lowest BCUT2D eigenvalue weighted by molar-refractivity contribution is -0.137. The van der Waals surface area contributed by atoms with Crippen LogP contribution >= 0.6 is 0 Å². The number of nitrogens with zero attached hydrogens (tertiary/aromatic N) is 3. The van der Waals surface area contributed by atoms with Crippen molar-refractivity contribution in [1.29, 1.82) is 0 Å². The van der Waals surface area contributed by atoms with Crippen molar-refractivity contribution in [2.24, 2.45) is 5.92 Å². The Morgan fingerprint density at radius 1 is 1.44 bits per heavy atom. The summed E-state index contributed by atoms with van der Waals surface area (Å²) in [6.45, 7) is 3.26. The molecule has 6 heteroatoms. The van der Waals surface area contributed by atoms with Gasteiger partial charge >= 0.3 is 0 Å². The molecule has 1 N–H and O–H groups in total. The Kier molecular flexibility index (Phi) is 5.50. The number of amides is 1. The second-order valence-corrected chi connectivity index (χ2v) is 6.71. The average Bonchev–Trinajstić information content (AvgIpc) is 3.23. The number of rotatable bonds is 6. The van der Waals surface area contributed by atoms with Crippen LogP contribution in [0.3, 0.4) is 0 Å². The van der Waals surface area contributed by atoms with E-state index < -0.39 is 6.10 Å². The van der Waals surface area contributed by atoms with E-state index in [1.54, 1.807) is 25.1 Å². The molecule has 2 heterocycles. The third-order valence-electron chi connectivity index (χ3n) is 4.49. The number of hydrogen-bond acceptors (Lipinski definition) is 4. The smallest absolute Gasteiger partial charge is 0.228 e. The third kappa shape index (κ3) is 4.27. The number of carbonyl (C=O) groups excluding carboxylic acids is 1. The van der Waals surface area contributed by atoms with E-state index in [0.29, 0.717) is 26.1 Å². The van der Waals surface area contributed by atoms with Crippen molar-refractivity contribution in [3.8, 4) is 0 Å². The summed E-state index contributed by atoms with van der Waals surface area (Å²) in [5, 5.41) is 13.9. The predicted molar refractivity (Wildman–Crippen MR) is 93.9 cm³/mol. The monoisotopic (exact) mass is 343 g/mol. The molecule has 1 aliphatic heterocycles. The van der Waals surface area contributed by atoms with Crippen LogP contribution in [0, 0.1) is 5.92 Å². The highest BCUT2D eigenvalue weighted by atomic mass is 16.5. The van der Waals surface area contributed by atoms with E-state index in [-0.39, 0.29) is 17.9 Å². The summed E-state index contributed by atoms with van der Waals surface area (Å²) >= 11 is 0. The standard InChI is InChI=1S/C19H25N3O3/c1-14(23)11-21(2)19(24)17-8-9-25-18(17)16-10-20-22(13-16)12-15-6-4-3-5-7-15/h3-7,10,13-14,17-18,23H,8-9,11-12H2,1-2H3/t14-,17+,18-/m1/s1. The van der Waals surface area contributed by atoms with E-state index in [1.165, 1.54) is 5.56 Å². The van der Waals surface area contributed by atoms with Crippen molar-refractivity contribution in [2.75, 3.05) is 20.2 Å². The van der Waals surface area contributed by atoms with Crippen LogP contribution in [-0.2, 0) is 16.1 Å². The van der Waals surface area contributed by atoms with Gasteiger partial charge in [0.25, 0.3) is 0 Å². The van der Waals surface area contributed by atoms with Crippen LogP contribution in [0.15, 0.2) is 42.7 Å². The van der Waals surface area contributed by atoms with Crippen molar-refractivity contribution >= 4 is 5.91 Å². The Morgan fingerprint density at radius 3 is 2.92 bits per heavy atom. The van der Waals surface area contributed by atoms with Gasteiger partial charge in [-0.05, 0) is 18.9 Å². The predicted octanol–water partition coefficient (Wildman–Crippen LogP) is 1.85. The highest BCUT2D eigenvalue weighted by Crippen LogP contribution is 2.35. The molecule has 3 atom stereocenters. The SMILES string of the molecule is C[C@@H](O)CN(C)C(=O)[C@H]1CCO[C@@H]1c1cnn(Cc2ccccc2)c1. The van der Waals surface area contributed by atoms with Gasteiger partial charge < -0.3 is 14.7 Å². The molecule has 1 fully saturated rings. The zero-order valence-electron chi connectivity index (χ0n) is 14.7. The van der Waals surface area contributed by atoms with Crippen LogP contribution in [0.5, 0.6) is 0 Å². The van der Waals surface area contributed by atoms with E-state index in [9.17, 15) is 9.90 Å². The average molecular weight is 343 g/mol. The summed E-state index contributed by atoms with van der Waals surface area (Å²) in [5.41, 5.74) is 2.10. The molecule has 25 heavy (non-hydrogen) atoms. The maximum Gasteiger partial charge on any atom is 0.228 e. The molecule has 0 saturated carbocycles. The van der Waals surface area contributed by atoms with E-state index in [2.05, 4.69) is 17.2 Å². The van der Waals surface area contributed by atoms with Crippen LogP contribution in [0.25, 0.3) is 0 Å². The zero-order valence-corrected chi connectivity index (χ0v) is 14.7. The fraction of sp³-hybridized carbons (Fsp3) is 0.474. The maximum absolute atomic E-state index is 12.7. The van der Waals surface area contributed by atoms with Gasteiger partial charge in [-0.3, -0.25) is 9.48 Å². The van der Waals surface area contributed by atoms with Crippen molar-refractivity contribution < 1.29 is 14.6 Å². The van der Waals surface area contributed by atoms with Gasteiger partial charge in [-0.25, -0.2) is 0 Å². The van der Waals surface area contributed by atoms with E-state index in [4.69, 9.17) is 4.74 Å². The molecule has 0 unspecified atom stereocenters. The fourth-order valence-corrected chi connectivity index (χ4v) is 3.32. The number of aliphatic hydroxyl groups is 1. The van der Waals surface area contributed by atoms with Gasteiger partial charge in [-0.15, -0.1) is 0 Å². The van der Waals surface area contributed by atoms with Crippen LogP contribution in [-0.4, -0.2) is 52.0 Å². The van der Waals surface area contributed by atoms with Gasteiger partial charge in [-0.1, -0.05) is 30.3 Å². The first-order chi connectivity index (χ1) is 12.0. The number of carbonyl (C=O) groups is 1. The first-order valence-electron chi connectivity index (χ1n) is 8.65. The molecule has 0 spiro atoms. The number of aliphatic hydroxyl groups excluding tert-OH is 1. The van der Waals surface area contributed by atoms with Gasteiger partial charge in [0, 0.05) is 32.0 Å². The number of ether oxygens (including phenoxy) is 1. The Labute approximate surface area is 148 Å². The molecule has 1 amide bonds. The van der Waals surface area contributed by atoms with Gasteiger partial charge in [-0.2, -0.15) is 5.10 Å². The molecule has 0 radical (unpaired) electrons. The maximum atomic E-state index is 12.7. The summed E-state index contributed by atoms with van der Waals surface area (Å²) in [5.74, 6) is -0.211. The van der Waals surface area contributed by atoms with Gasteiger partial charge in [0.1, 0.15) is 0 Å². The molecule has 1 aliphatic rings. The lowest BCUT2D eigenvalue weighted by atomic mass is 9.96. The Morgan fingerprint density at radius 2 is 2.20 bits per heavy atom. The summed E-state index contributed by atoms with van der Waals surface area (Å²) in [4.78, 5) is 14.3. The molecule has 0 bridgehead atoms. The molecule has 0 aliphatic carbocycles. The lowest BCUT2D eigenvalue weighted by Gasteiger charge is -2.24. The highest BCUT2D eigenvalue weighted by Gasteiger charge is 2.37. The molecule has 134 valence electrons. The Balaban J connectivity index is 1.69. The topological polar surface area (TPSA) is 67.6 Å². The fourth-order valence-electron chi connectivity index (χ4n) is 3.32. The van der Waals surface area contributed by atoms with Gasteiger partial charge in [0.15, 0.2) is 0 Å². The first kappa shape index (κ1) is 17.6. The van der Waals surface area contributed by atoms with Crippen molar-refractivity contribution in [2.45, 2.75) is 32.1 Å². The van der Waals surface area contributed by atoms with Crippen molar-refractivity contribution in [1.82, 2.24) is 14.7 Å². The summed E-state index contributed by atoms with van der Waals surface area (Å²) < 4.78 is 7.70. The van der Waals surface area contributed by atoms with Crippen LogP contribution in [0.1, 0.15) is 30.6 Å². The van der Waals surface area contributed by atoms with E-state index in [0.717, 1.165) is 5.56 Å². The minimum Gasteiger partial charge on any atom is -0.392 e. The van der Waals surface area contributed by atoms with Gasteiger partial charge in [0.05, 0.1) is 30.9 Å². The lowest BCUT2D eigenvalue weighted by Crippen LogP contribution is -2.38. The number of aromatic nitrogens is 2. The zero-order chi connectivity index (χ0) is 17.8. The second-order valence-electron chi connectivity index (χ2n) is 6.71. The normalized spacial score (nSPS) is 21.2. The minimum atomic E-state index is -0.539. The molecular weight excluding hydrogens is 318 g/mol. The number of likely N-dealkylation sites (N-methyl/N-ethyl adjacent to an activating group) is 1.